The monoisotopic (exact) mass is 209 g/mol. The molecule has 0 aliphatic carbocycles. The number of rotatable bonds is 5. The van der Waals surface area contributed by atoms with Gasteiger partial charge in [0.1, 0.15) is 0 Å². The normalized spacial score (nSPS) is 10.7. The average Bonchev–Trinajstić information content (AvgIpc) is 2.10. The summed E-state index contributed by atoms with van der Waals surface area (Å²) in [5.74, 6) is 1.56. The molecule has 1 aromatic rings. The molecule has 0 radical (unpaired) electrons. The van der Waals surface area contributed by atoms with Crippen molar-refractivity contribution in [2.45, 2.75) is 33.6 Å². The summed E-state index contributed by atoms with van der Waals surface area (Å²) in [5.41, 5.74) is 6.34. The summed E-state index contributed by atoms with van der Waals surface area (Å²) in [5, 5.41) is 0. The van der Waals surface area contributed by atoms with Gasteiger partial charge in [0.25, 0.3) is 0 Å². The van der Waals surface area contributed by atoms with E-state index >= 15 is 0 Å². The van der Waals surface area contributed by atoms with Crippen LogP contribution in [0.5, 0.6) is 5.88 Å². The Labute approximate surface area is 90.9 Å². The molecule has 2 N–H and O–H groups in total. The van der Waals surface area contributed by atoms with Crippen LogP contribution in [0.25, 0.3) is 0 Å². The van der Waals surface area contributed by atoms with Gasteiger partial charge in [-0.25, -0.2) is 4.98 Å². The molecule has 0 amide bonds. The lowest BCUT2D eigenvalue weighted by molar-refractivity contribution is 0.287. The maximum absolute atomic E-state index is 5.51. The van der Waals surface area contributed by atoms with Gasteiger partial charge < -0.3 is 10.5 Å². The zero-order valence-corrected chi connectivity index (χ0v) is 9.66. The Morgan fingerprint density at radius 2 is 2.13 bits per heavy atom. The van der Waals surface area contributed by atoms with Gasteiger partial charge >= 0.3 is 0 Å². The zero-order valence-electron chi connectivity index (χ0n) is 9.66. The third kappa shape index (κ3) is 4.63. The van der Waals surface area contributed by atoms with Crippen LogP contribution in [-0.2, 0) is 0 Å². The molecule has 0 atom stereocenters. The molecule has 0 aliphatic heterocycles. The maximum atomic E-state index is 5.51. The molecule has 1 heterocycles. The van der Waals surface area contributed by atoms with Crippen molar-refractivity contribution in [2.75, 3.05) is 12.3 Å². The number of ether oxygens (including phenoxy) is 1. The number of hydrogen-bond acceptors (Lipinski definition) is 4. The molecule has 1 rings (SSSR count). The van der Waals surface area contributed by atoms with E-state index in [1.54, 1.807) is 6.07 Å². The minimum absolute atomic E-state index is 0.272. The van der Waals surface area contributed by atoms with Crippen molar-refractivity contribution in [1.82, 2.24) is 9.97 Å². The highest BCUT2D eigenvalue weighted by molar-refractivity contribution is 5.25. The summed E-state index contributed by atoms with van der Waals surface area (Å²) >= 11 is 0. The van der Waals surface area contributed by atoms with Gasteiger partial charge in [-0.2, -0.15) is 4.98 Å². The summed E-state index contributed by atoms with van der Waals surface area (Å²) in [6.07, 6.45) is 2.21. The number of nitrogens with two attached hydrogens (primary N) is 1. The van der Waals surface area contributed by atoms with E-state index in [1.165, 1.54) is 6.42 Å². The van der Waals surface area contributed by atoms with Gasteiger partial charge in [0.15, 0.2) is 0 Å². The number of aryl methyl sites for hydroxylation is 1. The largest absolute Gasteiger partial charge is 0.478 e. The summed E-state index contributed by atoms with van der Waals surface area (Å²) < 4.78 is 5.49. The lowest BCUT2D eigenvalue weighted by Crippen LogP contribution is -2.04. The molecule has 4 heteroatoms. The highest BCUT2D eigenvalue weighted by Crippen LogP contribution is 2.11. The van der Waals surface area contributed by atoms with Crippen molar-refractivity contribution in [3.8, 4) is 5.88 Å². The van der Waals surface area contributed by atoms with Crippen molar-refractivity contribution in [3.63, 3.8) is 0 Å². The van der Waals surface area contributed by atoms with Gasteiger partial charge in [-0.3, -0.25) is 0 Å². The van der Waals surface area contributed by atoms with E-state index in [9.17, 15) is 0 Å². The molecule has 0 saturated heterocycles. The average molecular weight is 209 g/mol. The van der Waals surface area contributed by atoms with Crippen LogP contribution in [0.3, 0.4) is 0 Å². The maximum Gasteiger partial charge on any atom is 0.223 e. The fourth-order valence-corrected chi connectivity index (χ4v) is 1.30. The first-order valence-corrected chi connectivity index (χ1v) is 5.32. The number of nitrogen functional groups attached to an aromatic ring is 1. The van der Waals surface area contributed by atoms with Gasteiger partial charge in [-0.1, -0.05) is 13.8 Å². The predicted octanol–water partition coefficient (Wildman–Crippen LogP) is 2.18. The molecule has 84 valence electrons. The van der Waals surface area contributed by atoms with Crippen molar-refractivity contribution in [1.29, 1.82) is 0 Å². The van der Waals surface area contributed by atoms with Crippen LogP contribution < -0.4 is 10.5 Å². The van der Waals surface area contributed by atoms with Crippen LogP contribution in [0.2, 0.25) is 0 Å². The summed E-state index contributed by atoms with van der Waals surface area (Å²) in [6.45, 7) is 6.97. The molecule has 15 heavy (non-hydrogen) atoms. The lowest BCUT2D eigenvalue weighted by atomic mass is 10.1. The minimum atomic E-state index is 0.272. The van der Waals surface area contributed by atoms with E-state index in [0.717, 1.165) is 12.1 Å². The Balaban J connectivity index is 2.37. The topological polar surface area (TPSA) is 61.0 Å². The molecular formula is C11H19N3O. The second-order valence-corrected chi connectivity index (χ2v) is 4.09. The number of hydrogen-bond donors (Lipinski definition) is 1. The first-order valence-electron chi connectivity index (χ1n) is 5.32. The lowest BCUT2D eigenvalue weighted by Gasteiger charge is -2.07. The number of aromatic nitrogens is 2. The molecule has 4 nitrogen and oxygen atoms in total. The Morgan fingerprint density at radius 3 is 2.73 bits per heavy atom. The SMILES string of the molecule is Cc1cc(OCCCC(C)C)nc(N)n1. The van der Waals surface area contributed by atoms with Crippen molar-refractivity contribution in [2.24, 2.45) is 5.92 Å². The molecule has 0 saturated carbocycles. The van der Waals surface area contributed by atoms with Crippen LogP contribution in [0.1, 0.15) is 32.4 Å². The van der Waals surface area contributed by atoms with Gasteiger partial charge in [-0.15, -0.1) is 0 Å². The molecule has 0 fully saturated rings. The number of anilines is 1. The fourth-order valence-electron chi connectivity index (χ4n) is 1.30. The van der Waals surface area contributed by atoms with E-state index in [-0.39, 0.29) is 5.95 Å². The molecule has 0 aliphatic rings. The summed E-state index contributed by atoms with van der Waals surface area (Å²) in [7, 11) is 0. The highest BCUT2D eigenvalue weighted by Gasteiger charge is 2.00. The number of nitrogens with zero attached hydrogens (tertiary/aromatic N) is 2. The van der Waals surface area contributed by atoms with E-state index in [2.05, 4.69) is 23.8 Å². The van der Waals surface area contributed by atoms with Gasteiger partial charge in [0.05, 0.1) is 6.61 Å². The third-order valence-corrected chi connectivity index (χ3v) is 2.02. The Morgan fingerprint density at radius 1 is 1.40 bits per heavy atom. The minimum Gasteiger partial charge on any atom is -0.478 e. The summed E-state index contributed by atoms with van der Waals surface area (Å²) in [6, 6.07) is 1.80. The van der Waals surface area contributed by atoms with Crippen molar-refractivity contribution in [3.05, 3.63) is 11.8 Å². The van der Waals surface area contributed by atoms with Crippen molar-refractivity contribution >= 4 is 5.95 Å². The highest BCUT2D eigenvalue weighted by atomic mass is 16.5. The Bertz CT molecular complexity index is 292. The quantitative estimate of drug-likeness (QED) is 0.755. The Hall–Kier alpha value is -1.32. The van der Waals surface area contributed by atoms with Gasteiger partial charge in [-0.05, 0) is 25.7 Å². The van der Waals surface area contributed by atoms with Crippen LogP contribution in [-0.4, -0.2) is 16.6 Å². The molecule has 0 unspecified atom stereocenters. The van der Waals surface area contributed by atoms with Crippen LogP contribution >= 0.6 is 0 Å². The standard InChI is InChI=1S/C11H19N3O/c1-8(2)5-4-6-15-10-7-9(3)13-11(12)14-10/h7-8H,4-6H2,1-3H3,(H2,12,13,14). The molecule has 0 aromatic carbocycles. The van der Waals surface area contributed by atoms with Gasteiger partial charge in [0, 0.05) is 11.8 Å². The van der Waals surface area contributed by atoms with Crippen LogP contribution in [0.15, 0.2) is 6.07 Å². The first kappa shape index (κ1) is 11.8. The zero-order chi connectivity index (χ0) is 11.3. The van der Waals surface area contributed by atoms with E-state index in [1.807, 2.05) is 6.92 Å². The molecule has 0 bridgehead atoms. The fraction of sp³-hybridized carbons (Fsp3) is 0.636. The smallest absolute Gasteiger partial charge is 0.223 e. The van der Waals surface area contributed by atoms with Crippen molar-refractivity contribution < 1.29 is 4.74 Å². The van der Waals surface area contributed by atoms with Crippen LogP contribution in [0, 0.1) is 12.8 Å². The Kier molecular flexibility index (Phi) is 4.34. The third-order valence-electron chi connectivity index (χ3n) is 2.02. The molecular weight excluding hydrogens is 190 g/mol. The van der Waals surface area contributed by atoms with Crippen LogP contribution in [0.4, 0.5) is 5.95 Å². The molecule has 0 spiro atoms. The predicted molar refractivity (Wildman–Crippen MR) is 60.7 cm³/mol. The van der Waals surface area contributed by atoms with E-state index in [4.69, 9.17) is 10.5 Å². The molecule has 1 aromatic heterocycles. The first-order chi connectivity index (χ1) is 7.08. The second kappa shape index (κ2) is 5.53. The van der Waals surface area contributed by atoms with Gasteiger partial charge in [0.2, 0.25) is 11.8 Å². The van der Waals surface area contributed by atoms with E-state index < -0.39 is 0 Å². The summed E-state index contributed by atoms with van der Waals surface area (Å²) in [4.78, 5) is 7.97. The second-order valence-electron chi connectivity index (χ2n) is 4.09. The van der Waals surface area contributed by atoms with E-state index in [0.29, 0.717) is 18.4 Å².